The lowest BCUT2D eigenvalue weighted by Crippen LogP contribution is -2.62. The molecule has 0 radical (unpaired) electrons. The monoisotopic (exact) mass is 580 g/mol. The number of hydrogen-bond donors (Lipinski definition) is 5. The van der Waals surface area contributed by atoms with Crippen LogP contribution in [-0.2, 0) is 19.0 Å². The van der Waals surface area contributed by atoms with Crippen LogP contribution in [0.5, 0.6) is 0 Å². The van der Waals surface area contributed by atoms with E-state index >= 15 is 0 Å². The molecule has 234 valence electrons. The number of aliphatic hydroxyl groups excluding tert-OH is 4. The lowest BCUT2D eigenvalue weighted by molar-refractivity contribution is -0.317. The van der Waals surface area contributed by atoms with Gasteiger partial charge in [0.15, 0.2) is 6.29 Å². The fraction of sp³-hybridized carbons (Fsp3) is 0.906. The van der Waals surface area contributed by atoms with Crippen molar-refractivity contribution >= 4 is 5.97 Å². The predicted octanol–water partition coefficient (Wildman–Crippen LogP) is 2.84. The SMILES string of the molecule is CCCCOC(=O)/C=C/[C@H]1CC[C@@]2(O)[C@@H]3CC[C@H]4C[C@@H](O[C@@H]5O[C@H](CO)[C@@H](O)[C@H](O)[C@H]5O)CC[C@]4(C)[C@H]3CC[C@]12C. The smallest absolute Gasteiger partial charge is 0.330 e. The summed E-state index contributed by atoms with van der Waals surface area (Å²) in [7, 11) is 0. The standard InChI is InChI=1S/C32H52O9/c1-4-5-16-39-25(34)9-7-19-10-15-32(38)23-8-6-20-17-21(11-13-30(20,2)22(23)12-14-31(19,32)3)40-29-28(37)27(36)26(35)24(18-33)41-29/h7,9,19-24,26-29,33,35-38H,4-6,8,10-18H2,1-3H3/b9-7+/t19-,20-,21-,22-,23+,24+,26+,27-,28+,29+,30-,31+,32+/m0/s1. The minimum absolute atomic E-state index is 0.0756. The molecule has 1 heterocycles. The third-order valence-corrected chi connectivity index (χ3v) is 12.3. The van der Waals surface area contributed by atoms with Gasteiger partial charge in [0.1, 0.15) is 24.4 Å². The fourth-order valence-electron chi connectivity index (χ4n) is 9.59. The summed E-state index contributed by atoms with van der Waals surface area (Å²) in [6, 6.07) is 0. The fourth-order valence-corrected chi connectivity index (χ4v) is 9.59. The largest absolute Gasteiger partial charge is 0.463 e. The number of unbranched alkanes of at least 4 members (excludes halogenated alkanes) is 1. The Morgan fingerprint density at radius 3 is 2.49 bits per heavy atom. The van der Waals surface area contributed by atoms with E-state index < -0.39 is 42.9 Å². The highest BCUT2D eigenvalue weighted by Gasteiger charge is 2.66. The number of rotatable bonds is 8. The molecule has 0 aromatic rings. The Labute approximate surface area is 244 Å². The van der Waals surface area contributed by atoms with Crippen LogP contribution in [0.3, 0.4) is 0 Å². The van der Waals surface area contributed by atoms with Crippen LogP contribution in [0.25, 0.3) is 0 Å². The molecule has 5 rings (SSSR count). The Hall–Kier alpha value is -1.07. The molecule has 41 heavy (non-hydrogen) atoms. The third kappa shape index (κ3) is 5.42. The molecule has 1 saturated heterocycles. The van der Waals surface area contributed by atoms with Gasteiger partial charge in [0.05, 0.1) is 24.9 Å². The van der Waals surface area contributed by atoms with E-state index in [9.17, 15) is 30.3 Å². The first-order valence-electron chi connectivity index (χ1n) is 16.0. The molecule has 9 heteroatoms. The van der Waals surface area contributed by atoms with Crippen LogP contribution in [0.15, 0.2) is 12.2 Å². The number of allylic oxidation sites excluding steroid dienone is 1. The molecule has 0 aromatic carbocycles. The highest BCUT2D eigenvalue weighted by atomic mass is 16.7. The van der Waals surface area contributed by atoms with E-state index in [0.29, 0.717) is 18.4 Å². The molecule has 0 amide bonds. The van der Waals surface area contributed by atoms with Crippen LogP contribution in [0.4, 0.5) is 0 Å². The molecule has 13 atom stereocenters. The van der Waals surface area contributed by atoms with Crippen LogP contribution in [0, 0.1) is 34.5 Å². The minimum Gasteiger partial charge on any atom is -0.463 e. The Morgan fingerprint density at radius 2 is 1.76 bits per heavy atom. The first-order chi connectivity index (χ1) is 19.5. The Balaban J connectivity index is 1.23. The zero-order valence-electron chi connectivity index (χ0n) is 25.0. The van der Waals surface area contributed by atoms with Crippen molar-refractivity contribution in [3.8, 4) is 0 Å². The van der Waals surface area contributed by atoms with Gasteiger partial charge in [-0.3, -0.25) is 0 Å². The van der Waals surface area contributed by atoms with Crippen molar-refractivity contribution in [3.05, 3.63) is 12.2 Å². The summed E-state index contributed by atoms with van der Waals surface area (Å²) in [5, 5.41) is 52.7. The van der Waals surface area contributed by atoms with Gasteiger partial charge in [-0.2, -0.15) is 0 Å². The van der Waals surface area contributed by atoms with E-state index in [0.717, 1.165) is 70.6 Å². The number of carbonyl (C=O) groups excluding carboxylic acids is 1. The molecule has 5 N–H and O–H groups in total. The first-order valence-corrected chi connectivity index (χ1v) is 16.0. The van der Waals surface area contributed by atoms with E-state index in [2.05, 4.69) is 20.8 Å². The molecule has 0 aromatic heterocycles. The maximum Gasteiger partial charge on any atom is 0.330 e. The molecule has 4 aliphatic carbocycles. The molecule has 4 saturated carbocycles. The van der Waals surface area contributed by atoms with Gasteiger partial charge in [-0.25, -0.2) is 4.79 Å². The average Bonchev–Trinajstić information content (AvgIpc) is 3.22. The van der Waals surface area contributed by atoms with Gasteiger partial charge < -0.3 is 39.7 Å². The summed E-state index contributed by atoms with van der Waals surface area (Å²) in [4.78, 5) is 12.2. The number of esters is 1. The summed E-state index contributed by atoms with van der Waals surface area (Å²) in [5.74, 6) is 0.909. The number of aliphatic hydroxyl groups is 5. The van der Waals surface area contributed by atoms with Gasteiger partial charge in [-0.1, -0.05) is 33.3 Å². The predicted molar refractivity (Wildman–Crippen MR) is 150 cm³/mol. The molecule has 5 aliphatic rings. The van der Waals surface area contributed by atoms with Gasteiger partial charge in [-0.15, -0.1) is 0 Å². The van der Waals surface area contributed by atoms with E-state index in [1.165, 1.54) is 0 Å². The van der Waals surface area contributed by atoms with Gasteiger partial charge in [-0.05, 0) is 93.3 Å². The van der Waals surface area contributed by atoms with Crippen molar-refractivity contribution < 1.29 is 44.5 Å². The van der Waals surface area contributed by atoms with Crippen LogP contribution < -0.4 is 0 Å². The van der Waals surface area contributed by atoms with Crippen molar-refractivity contribution in [2.45, 2.75) is 134 Å². The zero-order chi connectivity index (χ0) is 29.6. The van der Waals surface area contributed by atoms with Gasteiger partial charge >= 0.3 is 5.97 Å². The third-order valence-electron chi connectivity index (χ3n) is 12.3. The Kier molecular flexibility index (Phi) is 9.28. The molecule has 1 aliphatic heterocycles. The average molecular weight is 581 g/mol. The highest BCUT2D eigenvalue weighted by molar-refractivity contribution is 5.81. The van der Waals surface area contributed by atoms with Crippen molar-refractivity contribution in [2.75, 3.05) is 13.2 Å². The first kappa shape index (κ1) is 31.4. The summed E-state index contributed by atoms with van der Waals surface area (Å²) in [6.45, 7) is 6.67. The van der Waals surface area contributed by atoms with Gasteiger partial charge in [0.25, 0.3) is 0 Å². The Bertz CT molecular complexity index is 955. The lowest BCUT2D eigenvalue weighted by atomic mass is 9.43. The van der Waals surface area contributed by atoms with Crippen molar-refractivity contribution in [1.82, 2.24) is 0 Å². The lowest BCUT2D eigenvalue weighted by Gasteiger charge is -2.63. The molecule has 5 fully saturated rings. The maximum atomic E-state index is 12.4. The van der Waals surface area contributed by atoms with Gasteiger partial charge in [0, 0.05) is 11.5 Å². The number of carbonyl (C=O) groups is 1. The highest BCUT2D eigenvalue weighted by Crippen LogP contribution is 2.69. The van der Waals surface area contributed by atoms with Crippen LogP contribution in [-0.4, -0.2) is 87.1 Å². The molecule has 9 nitrogen and oxygen atoms in total. The zero-order valence-corrected chi connectivity index (χ0v) is 25.0. The molecular weight excluding hydrogens is 528 g/mol. The van der Waals surface area contributed by atoms with Crippen molar-refractivity contribution in [3.63, 3.8) is 0 Å². The second-order valence-electron chi connectivity index (χ2n) is 14.1. The van der Waals surface area contributed by atoms with Crippen LogP contribution in [0.2, 0.25) is 0 Å². The summed E-state index contributed by atoms with van der Waals surface area (Å²) in [6.07, 6.45) is 7.11. The second-order valence-corrected chi connectivity index (χ2v) is 14.1. The minimum atomic E-state index is -1.44. The van der Waals surface area contributed by atoms with E-state index in [4.69, 9.17) is 14.2 Å². The van der Waals surface area contributed by atoms with Crippen LogP contribution >= 0.6 is 0 Å². The maximum absolute atomic E-state index is 12.4. The summed E-state index contributed by atoms with van der Waals surface area (Å²) >= 11 is 0. The Morgan fingerprint density at radius 1 is 0.976 bits per heavy atom. The molecular formula is C32H52O9. The molecule has 0 spiro atoms. The summed E-state index contributed by atoms with van der Waals surface area (Å²) in [5.41, 5.74) is -0.943. The number of hydrogen-bond acceptors (Lipinski definition) is 9. The van der Waals surface area contributed by atoms with E-state index in [1.807, 2.05) is 6.08 Å². The molecule has 0 unspecified atom stereocenters. The number of fused-ring (bicyclic) bond motifs is 5. The van der Waals surface area contributed by atoms with Gasteiger partial charge in [0.2, 0.25) is 0 Å². The second kappa shape index (κ2) is 12.1. The van der Waals surface area contributed by atoms with E-state index in [-0.39, 0.29) is 34.7 Å². The van der Waals surface area contributed by atoms with Crippen molar-refractivity contribution in [2.24, 2.45) is 34.5 Å². The number of ether oxygens (including phenoxy) is 3. The van der Waals surface area contributed by atoms with E-state index in [1.54, 1.807) is 6.08 Å². The summed E-state index contributed by atoms with van der Waals surface area (Å²) < 4.78 is 17.1. The topological polar surface area (TPSA) is 146 Å². The molecule has 0 bridgehead atoms. The normalized spacial score (nSPS) is 49.8. The van der Waals surface area contributed by atoms with Crippen LogP contribution in [0.1, 0.15) is 91.4 Å². The van der Waals surface area contributed by atoms with Crippen molar-refractivity contribution in [1.29, 1.82) is 0 Å². The quantitative estimate of drug-likeness (QED) is 0.127.